The van der Waals surface area contributed by atoms with Gasteiger partial charge in [-0.1, -0.05) is 26.8 Å². The van der Waals surface area contributed by atoms with Gasteiger partial charge < -0.3 is 14.7 Å². The van der Waals surface area contributed by atoms with Gasteiger partial charge in [0.2, 0.25) is 0 Å². The van der Waals surface area contributed by atoms with E-state index < -0.39 is 5.97 Å². The van der Waals surface area contributed by atoms with Crippen LogP contribution in [0.15, 0.2) is 12.2 Å². The van der Waals surface area contributed by atoms with Crippen molar-refractivity contribution in [2.75, 3.05) is 0 Å². The minimum absolute atomic E-state index is 0.199. The summed E-state index contributed by atoms with van der Waals surface area (Å²) in [7, 11) is 2.45. The van der Waals surface area contributed by atoms with Gasteiger partial charge >= 0.3 is 5.97 Å². The fraction of sp³-hybridized carbons (Fsp3) is 0.875. The van der Waals surface area contributed by atoms with Crippen LogP contribution in [0.3, 0.4) is 0 Å². The monoisotopic (exact) mass is 422 g/mol. The van der Waals surface area contributed by atoms with Crippen molar-refractivity contribution in [3.8, 4) is 0 Å². The Kier molecular flexibility index (Phi) is 5.94. The lowest BCUT2D eigenvalue weighted by molar-refractivity contribution is -0.171. The molecule has 0 aromatic rings. The SMILES string of the molecule is C[C@H](/C=C/C(=O)O)C1CCC2[C@H]3C(CC[C@@]21C)[C@@]1(C)CC[C@@H](OP)C[C@H]1C[C@H]3O. The van der Waals surface area contributed by atoms with E-state index in [9.17, 15) is 9.90 Å². The van der Waals surface area contributed by atoms with Gasteiger partial charge in [0, 0.05) is 15.5 Å². The molecule has 0 heterocycles. The lowest BCUT2D eigenvalue weighted by atomic mass is 9.43. The summed E-state index contributed by atoms with van der Waals surface area (Å²) in [4.78, 5) is 11.0. The molecular formula is C24H39O4P. The molecule has 4 aliphatic rings. The number of aliphatic hydroxyl groups is 1. The molecule has 0 spiro atoms. The molecule has 0 saturated heterocycles. The maximum absolute atomic E-state index is 11.3. The number of hydrogen-bond acceptors (Lipinski definition) is 3. The normalized spacial score (nSPS) is 50.6. The summed E-state index contributed by atoms with van der Waals surface area (Å²) in [6, 6.07) is 0. The Morgan fingerprint density at radius 1 is 1.10 bits per heavy atom. The van der Waals surface area contributed by atoms with Crippen molar-refractivity contribution in [3.05, 3.63) is 12.2 Å². The van der Waals surface area contributed by atoms with Gasteiger partial charge in [-0.15, -0.1) is 0 Å². The lowest BCUT2D eigenvalue weighted by Gasteiger charge is -2.62. The first-order valence-electron chi connectivity index (χ1n) is 11.7. The molecular weight excluding hydrogens is 383 g/mol. The van der Waals surface area contributed by atoms with Gasteiger partial charge in [0.1, 0.15) is 0 Å². The molecule has 0 aliphatic heterocycles. The summed E-state index contributed by atoms with van der Waals surface area (Å²) < 4.78 is 5.61. The van der Waals surface area contributed by atoms with Crippen molar-refractivity contribution in [2.45, 2.75) is 84.3 Å². The first-order valence-corrected chi connectivity index (χ1v) is 12.1. The van der Waals surface area contributed by atoms with Gasteiger partial charge in [0.25, 0.3) is 0 Å². The van der Waals surface area contributed by atoms with Crippen molar-refractivity contribution in [1.29, 1.82) is 0 Å². The third-order valence-electron chi connectivity index (χ3n) is 10.1. The van der Waals surface area contributed by atoms with Crippen LogP contribution in [-0.2, 0) is 9.32 Å². The maximum Gasteiger partial charge on any atom is 0.327 e. The number of fused-ring (bicyclic) bond motifs is 5. The van der Waals surface area contributed by atoms with E-state index in [0.717, 1.165) is 25.7 Å². The van der Waals surface area contributed by atoms with Gasteiger partial charge in [0.05, 0.1) is 12.2 Å². The molecule has 4 unspecified atom stereocenters. The fourth-order valence-electron chi connectivity index (χ4n) is 8.58. The highest BCUT2D eigenvalue weighted by Gasteiger charge is 2.62. The van der Waals surface area contributed by atoms with Crippen molar-refractivity contribution in [1.82, 2.24) is 0 Å². The molecule has 0 bridgehead atoms. The number of rotatable bonds is 4. The minimum atomic E-state index is -0.855. The molecule has 0 aromatic heterocycles. The Morgan fingerprint density at radius 3 is 2.48 bits per heavy atom. The molecule has 5 heteroatoms. The summed E-state index contributed by atoms with van der Waals surface area (Å²) in [6.07, 6.45) is 12.5. The summed E-state index contributed by atoms with van der Waals surface area (Å²) in [5.74, 6) is 2.09. The van der Waals surface area contributed by atoms with E-state index in [1.54, 1.807) is 0 Å². The second kappa shape index (κ2) is 7.92. The zero-order valence-corrected chi connectivity index (χ0v) is 19.4. The second-order valence-corrected chi connectivity index (χ2v) is 11.4. The van der Waals surface area contributed by atoms with Gasteiger partial charge in [-0.25, -0.2) is 4.79 Å². The van der Waals surface area contributed by atoms with Gasteiger partial charge in [0.15, 0.2) is 0 Å². The third kappa shape index (κ3) is 3.52. The molecule has 0 amide bonds. The molecule has 4 saturated carbocycles. The zero-order valence-electron chi connectivity index (χ0n) is 18.2. The number of carbonyl (C=O) groups is 1. The number of allylic oxidation sites excluding steroid dienone is 1. The highest BCUT2D eigenvalue weighted by Crippen LogP contribution is 2.68. The van der Waals surface area contributed by atoms with Crippen LogP contribution in [0, 0.1) is 46.3 Å². The Hall–Kier alpha value is -0.440. The average molecular weight is 423 g/mol. The third-order valence-corrected chi connectivity index (χ3v) is 10.5. The lowest BCUT2D eigenvalue weighted by Crippen LogP contribution is -2.58. The van der Waals surface area contributed by atoms with E-state index in [1.165, 1.54) is 31.8 Å². The van der Waals surface area contributed by atoms with E-state index >= 15 is 0 Å². The second-order valence-electron chi connectivity index (χ2n) is 11.1. The maximum atomic E-state index is 11.3. The molecule has 0 radical (unpaired) electrons. The smallest absolute Gasteiger partial charge is 0.327 e. The topological polar surface area (TPSA) is 66.8 Å². The van der Waals surface area contributed by atoms with Crippen LogP contribution in [-0.4, -0.2) is 28.4 Å². The van der Waals surface area contributed by atoms with Gasteiger partial charge in [-0.3, -0.25) is 0 Å². The number of aliphatic carboxylic acids is 1. The van der Waals surface area contributed by atoms with Crippen LogP contribution in [0.4, 0.5) is 0 Å². The standard InChI is InChI=1S/C24H39O4P/c1-14(4-7-21(26)27)17-5-6-18-22-19(9-11-24(17,18)3)23(2)10-8-16(28-29)12-15(23)13-20(22)25/h4,7,14-20,22,25H,5-6,8-13,29H2,1-3H3,(H,26,27)/b7-4+/t14-,15+,16-,17?,18?,19?,20-,22+,23+,24-/m1/s1. The summed E-state index contributed by atoms with van der Waals surface area (Å²) in [5, 5.41) is 20.4. The zero-order chi connectivity index (χ0) is 21.0. The Bertz CT molecular complexity index is 665. The van der Waals surface area contributed by atoms with Crippen LogP contribution in [0.25, 0.3) is 0 Å². The molecule has 4 rings (SSSR count). The summed E-state index contributed by atoms with van der Waals surface area (Å²) in [5.41, 5.74) is 0.547. The summed E-state index contributed by atoms with van der Waals surface area (Å²) >= 11 is 0. The molecule has 4 nitrogen and oxygen atoms in total. The largest absolute Gasteiger partial charge is 0.478 e. The minimum Gasteiger partial charge on any atom is -0.478 e. The van der Waals surface area contributed by atoms with Crippen LogP contribution < -0.4 is 0 Å². The highest BCUT2D eigenvalue weighted by atomic mass is 31.0. The first-order chi connectivity index (χ1) is 13.7. The quantitative estimate of drug-likeness (QED) is 0.490. The highest BCUT2D eigenvalue weighted by molar-refractivity contribution is 7.09. The van der Waals surface area contributed by atoms with Crippen LogP contribution in [0.1, 0.15) is 72.1 Å². The molecule has 4 fully saturated rings. The van der Waals surface area contributed by atoms with E-state index in [2.05, 4.69) is 30.2 Å². The Labute approximate surface area is 178 Å². The van der Waals surface area contributed by atoms with Gasteiger partial charge in [-0.2, -0.15) is 0 Å². The molecule has 29 heavy (non-hydrogen) atoms. The Balaban J connectivity index is 1.57. The van der Waals surface area contributed by atoms with Crippen LogP contribution >= 0.6 is 9.47 Å². The molecule has 11 atom stereocenters. The van der Waals surface area contributed by atoms with E-state index in [0.29, 0.717) is 41.1 Å². The molecule has 164 valence electrons. The predicted octanol–water partition coefficient (Wildman–Crippen LogP) is 5.07. The van der Waals surface area contributed by atoms with Crippen molar-refractivity contribution >= 4 is 15.4 Å². The number of aliphatic hydroxyl groups excluding tert-OH is 1. The molecule has 0 aromatic carbocycles. The molecule has 2 N–H and O–H groups in total. The van der Waals surface area contributed by atoms with Gasteiger partial charge in [-0.05, 0) is 97.7 Å². The Morgan fingerprint density at radius 2 is 1.79 bits per heavy atom. The van der Waals surface area contributed by atoms with E-state index in [4.69, 9.17) is 9.63 Å². The number of hydrogen-bond donors (Lipinski definition) is 2. The van der Waals surface area contributed by atoms with Crippen molar-refractivity contribution in [2.24, 2.45) is 46.3 Å². The van der Waals surface area contributed by atoms with Crippen molar-refractivity contribution < 1.29 is 19.5 Å². The fourth-order valence-corrected chi connectivity index (χ4v) is 8.83. The number of carboxylic acids is 1. The average Bonchev–Trinajstić information content (AvgIpc) is 3.03. The summed E-state index contributed by atoms with van der Waals surface area (Å²) in [6.45, 7) is 7.13. The van der Waals surface area contributed by atoms with Crippen LogP contribution in [0.5, 0.6) is 0 Å². The van der Waals surface area contributed by atoms with E-state index in [1.807, 2.05) is 6.08 Å². The first kappa shape index (κ1) is 21.8. The van der Waals surface area contributed by atoms with Crippen molar-refractivity contribution in [3.63, 3.8) is 0 Å². The van der Waals surface area contributed by atoms with Crippen LogP contribution in [0.2, 0.25) is 0 Å². The molecule has 4 aliphatic carbocycles. The van der Waals surface area contributed by atoms with E-state index in [-0.39, 0.29) is 17.4 Å². The predicted molar refractivity (Wildman–Crippen MR) is 117 cm³/mol. The number of carboxylic acid groups (broad SMARTS) is 1.